The molecule has 0 amide bonds. The summed E-state index contributed by atoms with van der Waals surface area (Å²) < 4.78 is 2.17. The molecule has 1 aliphatic rings. The predicted molar refractivity (Wildman–Crippen MR) is 152 cm³/mol. The fourth-order valence-corrected chi connectivity index (χ4v) is 5.21. The monoisotopic (exact) mass is 573 g/mol. The quantitative estimate of drug-likeness (QED) is 0.180. The van der Waals surface area contributed by atoms with Crippen LogP contribution in [0.3, 0.4) is 0 Å². The minimum Gasteiger partial charge on any atom is -0.311 e. The molecule has 0 radical (unpaired) electrons. The summed E-state index contributed by atoms with van der Waals surface area (Å²) >= 11 is 7.12. The summed E-state index contributed by atoms with van der Waals surface area (Å²) in [5.41, 5.74) is 9.54. The third-order valence-electron chi connectivity index (χ3n) is 6.73. The molecule has 0 N–H and O–H groups in total. The fraction of sp³-hybridized carbons (Fsp3) is 0.226. The zero-order chi connectivity index (χ0) is 23.3. The highest BCUT2D eigenvalue weighted by Crippen LogP contribution is 2.35. The molecule has 0 spiro atoms. The van der Waals surface area contributed by atoms with Gasteiger partial charge in [0.1, 0.15) is 0 Å². The van der Waals surface area contributed by atoms with Gasteiger partial charge in [-0.2, -0.15) is 0 Å². The zero-order valence-electron chi connectivity index (χ0n) is 19.3. The minimum absolute atomic E-state index is 1.09. The standard InChI is InChI=1S/C31H29Br2N/c32-27-12-18-30(19-13-27)34(31-20-14-28(33)15-21-31)29-16-7-23(8-17-29)4-2-1-3-5-24-6-9-25-10-11-26(25)22-24/h6-9,12-22H,1-5,10-11H2. The van der Waals surface area contributed by atoms with Crippen LogP contribution in [-0.2, 0) is 25.7 Å². The number of unbranched alkanes of at least 4 members (excludes halogenated alkanes) is 2. The number of rotatable bonds is 9. The van der Waals surface area contributed by atoms with Gasteiger partial charge in [-0.1, -0.05) is 68.6 Å². The van der Waals surface area contributed by atoms with Gasteiger partial charge in [-0.25, -0.2) is 0 Å². The molecule has 3 heteroatoms. The van der Waals surface area contributed by atoms with Gasteiger partial charge in [-0.05, 0) is 121 Å². The van der Waals surface area contributed by atoms with E-state index in [0.717, 1.165) is 26.7 Å². The highest BCUT2D eigenvalue weighted by atomic mass is 79.9. The molecule has 0 aromatic heterocycles. The van der Waals surface area contributed by atoms with Gasteiger partial charge >= 0.3 is 0 Å². The van der Waals surface area contributed by atoms with Crippen LogP contribution in [0.2, 0.25) is 0 Å². The van der Waals surface area contributed by atoms with E-state index in [1.165, 1.54) is 55.3 Å². The maximum absolute atomic E-state index is 3.56. The van der Waals surface area contributed by atoms with Crippen LogP contribution in [0, 0.1) is 0 Å². The van der Waals surface area contributed by atoms with E-state index in [1.807, 2.05) is 0 Å². The molecule has 0 atom stereocenters. The SMILES string of the molecule is Brc1ccc(N(c2ccc(Br)cc2)c2ccc(CCCCCc3ccc4c(c3)CC4)cc2)cc1. The number of aryl methyl sites for hydroxylation is 4. The van der Waals surface area contributed by atoms with E-state index in [1.54, 1.807) is 11.1 Å². The first-order chi connectivity index (χ1) is 16.7. The number of nitrogens with zero attached hydrogens (tertiary/aromatic N) is 1. The Morgan fingerprint density at radius 2 is 0.971 bits per heavy atom. The maximum atomic E-state index is 3.56. The molecule has 1 aliphatic carbocycles. The van der Waals surface area contributed by atoms with E-state index < -0.39 is 0 Å². The van der Waals surface area contributed by atoms with Crippen molar-refractivity contribution in [2.45, 2.75) is 44.9 Å². The Morgan fingerprint density at radius 1 is 0.500 bits per heavy atom. The Hall–Kier alpha value is -2.36. The Bertz CT molecular complexity index is 1180. The van der Waals surface area contributed by atoms with Crippen LogP contribution >= 0.6 is 31.9 Å². The smallest absolute Gasteiger partial charge is 0.0462 e. The van der Waals surface area contributed by atoms with Gasteiger partial charge in [0, 0.05) is 26.0 Å². The van der Waals surface area contributed by atoms with E-state index in [-0.39, 0.29) is 0 Å². The number of fused-ring (bicyclic) bond motifs is 1. The number of anilines is 3. The van der Waals surface area contributed by atoms with E-state index in [4.69, 9.17) is 0 Å². The lowest BCUT2D eigenvalue weighted by Gasteiger charge is -2.25. The lowest BCUT2D eigenvalue weighted by Crippen LogP contribution is -2.09. The highest BCUT2D eigenvalue weighted by molar-refractivity contribution is 9.10. The van der Waals surface area contributed by atoms with Gasteiger partial charge in [0.15, 0.2) is 0 Å². The van der Waals surface area contributed by atoms with E-state index in [2.05, 4.69) is 128 Å². The summed E-state index contributed by atoms with van der Waals surface area (Å²) in [5, 5.41) is 0. The summed E-state index contributed by atoms with van der Waals surface area (Å²) in [4.78, 5) is 2.30. The molecule has 1 nitrogen and oxygen atoms in total. The Labute approximate surface area is 220 Å². The van der Waals surface area contributed by atoms with E-state index in [9.17, 15) is 0 Å². The van der Waals surface area contributed by atoms with Crippen molar-refractivity contribution < 1.29 is 0 Å². The molecule has 0 bridgehead atoms. The van der Waals surface area contributed by atoms with Crippen molar-refractivity contribution in [1.29, 1.82) is 0 Å². The second-order valence-corrected chi connectivity index (χ2v) is 10.9. The Balaban J connectivity index is 1.20. The Kier molecular flexibility index (Phi) is 7.51. The van der Waals surface area contributed by atoms with Gasteiger partial charge in [0.2, 0.25) is 0 Å². The van der Waals surface area contributed by atoms with Crippen LogP contribution in [0.4, 0.5) is 17.1 Å². The predicted octanol–water partition coefficient (Wildman–Crippen LogP) is 9.74. The average molecular weight is 575 g/mol. The first-order valence-corrected chi connectivity index (χ1v) is 13.8. The molecular weight excluding hydrogens is 546 g/mol. The minimum atomic E-state index is 1.09. The van der Waals surface area contributed by atoms with E-state index in [0.29, 0.717) is 0 Å². The van der Waals surface area contributed by atoms with Gasteiger partial charge in [0.25, 0.3) is 0 Å². The van der Waals surface area contributed by atoms with Crippen LogP contribution in [-0.4, -0.2) is 0 Å². The summed E-state index contributed by atoms with van der Waals surface area (Å²) in [6.07, 6.45) is 8.70. The molecule has 0 saturated carbocycles. The third-order valence-corrected chi connectivity index (χ3v) is 7.79. The molecule has 5 rings (SSSR count). The summed E-state index contributed by atoms with van der Waals surface area (Å²) in [7, 11) is 0. The molecule has 34 heavy (non-hydrogen) atoms. The lowest BCUT2D eigenvalue weighted by molar-refractivity contribution is 0.677. The van der Waals surface area contributed by atoms with Gasteiger partial charge in [-0.3, -0.25) is 0 Å². The van der Waals surface area contributed by atoms with Crippen LogP contribution in [0.5, 0.6) is 0 Å². The normalized spacial score (nSPS) is 12.2. The number of halogens is 2. The summed E-state index contributed by atoms with van der Waals surface area (Å²) in [6.45, 7) is 0. The largest absolute Gasteiger partial charge is 0.311 e. The number of benzene rings is 4. The zero-order valence-corrected chi connectivity index (χ0v) is 22.5. The van der Waals surface area contributed by atoms with Crippen LogP contribution in [0.1, 0.15) is 41.5 Å². The second kappa shape index (κ2) is 10.9. The molecule has 0 saturated heterocycles. The topological polar surface area (TPSA) is 3.24 Å². The van der Waals surface area contributed by atoms with Crippen LogP contribution in [0.15, 0.2) is 99.9 Å². The van der Waals surface area contributed by atoms with Crippen molar-refractivity contribution in [2.24, 2.45) is 0 Å². The summed E-state index contributed by atoms with van der Waals surface area (Å²) in [5.74, 6) is 0. The van der Waals surface area contributed by atoms with Crippen LogP contribution in [0.25, 0.3) is 0 Å². The average Bonchev–Trinajstić information content (AvgIpc) is 2.84. The lowest BCUT2D eigenvalue weighted by atomic mass is 9.86. The first-order valence-electron chi connectivity index (χ1n) is 12.2. The van der Waals surface area contributed by atoms with Gasteiger partial charge < -0.3 is 4.90 Å². The highest BCUT2D eigenvalue weighted by Gasteiger charge is 2.13. The fourth-order valence-electron chi connectivity index (χ4n) is 4.68. The van der Waals surface area contributed by atoms with Crippen molar-refractivity contribution in [3.63, 3.8) is 0 Å². The van der Waals surface area contributed by atoms with E-state index >= 15 is 0 Å². The number of hydrogen-bond acceptors (Lipinski definition) is 1. The van der Waals surface area contributed by atoms with Crippen molar-refractivity contribution in [3.05, 3.63) is 122 Å². The van der Waals surface area contributed by atoms with Gasteiger partial charge in [-0.15, -0.1) is 0 Å². The van der Waals surface area contributed by atoms with Crippen LogP contribution < -0.4 is 4.90 Å². The molecule has 0 heterocycles. The maximum Gasteiger partial charge on any atom is 0.0462 e. The summed E-state index contributed by atoms with van der Waals surface area (Å²) in [6, 6.07) is 33.2. The molecule has 172 valence electrons. The first kappa shape index (κ1) is 23.4. The molecule has 4 aromatic rings. The third kappa shape index (κ3) is 5.64. The molecule has 0 aliphatic heterocycles. The number of hydrogen-bond donors (Lipinski definition) is 0. The molecule has 4 aromatic carbocycles. The van der Waals surface area contributed by atoms with Crippen molar-refractivity contribution >= 4 is 48.9 Å². The molecule has 0 fully saturated rings. The van der Waals surface area contributed by atoms with Gasteiger partial charge in [0.05, 0.1) is 0 Å². The molecular formula is C31H29Br2N. The Morgan fingerprint density at radius 3 is 1.47 bits per heavy atom. The molecule has 0 unspecified atom stereocenters. The van der Waals surface area contributed by atoms with Crippen molar-refractivity contribution in [1.82, 2.24) is 0 Å². The van der Waals surface area contributed by atoms with Crippen molar-refractivity contribution in [3.8, 4) is 0 Å². The second-order valence-electron chi connectivity index (χ2n) is 9.12. The van der Waals surface area contributed by atoms with Crippen molar-refractivity contribution in [2.75, 3.05) is 4.90 Å².